The first-order valence-corrected chi connectivity index (χ1v) is 7.37. The smallest absolute Gasteiger partial charge is 0.106 e. The summed E-state index contributed by atoms with van der Waals surface area (Å²) in [5.41, 5.74) is 2.38. The maximum atomic E-state index is 4.66. The molecule has 0 aliphatic carbocycles. The van der Waals surface area contributed by atoms with Gasteiger partial charge < -0.3 is 0 Å². The van der Waals surface area contributed by atoms with Crippen molar-refractivity contribution in [1.29, 1.82) is 0 Å². The lowest BCUT2D eigenvalue weighted by molar-refractivity contribution is 0.484. The van der Waals surface area contributed by atoms with Gasteiger partial charge in [0.15, 0.2) is 0 Å². The highest BCUT2D eigenvalue weighted by atomic mass is 79.9. The van der Waals surface area contributed by atoms with E-state index in [1.165, 1.54) is 10.4 Å². The average molecular weight is 299 g/mol. The molecule has 0 amide bonds. The van der Waals surface area contributed by atoms with E-state index >= 15 is 0 Å². The van der Waals surface area contributed by atoms with Crippen LogP contribution in [0.3, 0.4) is 0 Å². The van der Waals surface area contributed by atoms with Gasteiger partial charge >= 0.3 is 0 Å². The molecule has 2 rings (SSSR count). The average Bonchev–Trinajstić information content (AvgIpc) is 2.83. The van der Waals surface area contributed by atoms with Crippen molar-refractivity contribution >= 4 is 27.3 Å². The van der Waals surface area contributed by atoms with Crippen molar-refractivity contribution in [2.45, 2.75) is 25.7 Å². The van der Waals surface area contributed by atoms with E-state index < -0.39 is 0 Å². The van der Waals surface area contributed by atoms with Crippen molar-refractivity contribution in [1.82, 2.24) is 9.78 Å². The highest BCUT2D eigenvalue weighted by Crippen LogP contribution is 2.28. The molecule has 0 unspecified atom stereocenters. The largest absolute Gasteiger partial charge is 0.272 e. The van der Waals surface area contributed by atoms with E-state index in [1.54, 1.807) is 11.3 Å². The van der Waals surface area contributed by atoms with Gasteiger partial charge in [-0.3, -0.25) is 4.68 Å². The van der Waals surface area contributed by atoms with Crippen LogP contribution in [0.25, 0.3) is 10.6 Å². The van der Waals surface area contributed by atoms with Gasteiger partial charge in [0, 0.05) is 23.6 Å². The van der Waals surface area contributed by atoms with Gasteiger partial charge in [-0.1, -0.05) is 35.8 Å². The molecule has 86 valence electrons. The van der Waals surface area contributed by atoms with Crippen LogP contribution in [0.1, 0.15) is 19.4 Å². The van der Waals surface area contributed by atoms with E-state index in [2.05, 4.69) is 63.3 Å². The lowest BCUT2D eigenvalue weighted by atomic mass is 10.2. The van der Waals surface area contributed by atoms with Crippen LogP contribution < -0.4 is 0 Å². The van der Waals surface area contributed by atoms with Gasteiger partial charge in [-0.25, -0.2) is 0 Å². The Hall–Kier alpha value is -0.610. The maximum Gasteiger partial charge on any atom is 0.106 e. The lowest BCUT2D eigenvalue weighted by Gasteiger charge is -2.03. The Balaban J connectivity index is 2.33. The van der Waals surface area contributed by atoms with Crippen LogP contribution in [0, 0.1) is 5.92 Å². The number of hydrogen-bond donors (Lipinski definition) is 0. The Morgan fingerprint density at radius 3 is 2.88 bits per heavy atom. The third kappa shape index (κ3) is 2.55. The number of aromatic nitrogens is 2. The fourth-order valence-electron chi connectivity index (χ4n) is 1.65. The van der Waals surface area contributed by atoms with E-state index in [9.17, 15) is 0 Å². The second kappa shape index (κ2) is 5.15. The van der Waals surface area contributed by atoms with Crippen LogP contribution in [0.2, 0.25) is 0 Å². The summed E-state index contributed by atoms with van der Waals surface area (Å²) in [5, 5.41) is 7.61. The number of rotatable bonds is 4. The molecule has 0 aromatic carbocycles. The molecular weight excluding hydrogens is 284 g/mol. The normalized spacial score (nSPS) is 11.2. The molecule has 0 fully saturated rings. The third-order valence-corrected chi connectivity index (χ3v) is 3.77. The Labute approximate surface area is 108 Å². The van der Waals surface area contributed by atoms with E-state index in [1.807, 2.05) is 0 Å². The Bertz CT molecular complexity index is 446. The molecule has 0 aliphatic heterocycles. The number of nitrogens with zero attached hydrogens (tertiary/aromatic N) is 2. The zero-order valence-electron chi connectivity index (χ0n) is 9.48. The van der Waals surface area contributed by atoms with Crippen LogP contribution in [0.5, 0.6) is 0 Å². The Kier molecular flexibility index (Phi) is 3.82. The minimum Gasteiger partial charge on any atom is -0.272 e. The summed E-state index contributed by atoms with van der Waals surface area (Å²) in [6.45, 7) is 5.39. The van der Waals surface area contributed by atoms with Crippen molar-refractivity contribution in [3.05, 3.63) is 29.3 Å². The van der Waals surface area contributed by atoms with Crippen LogP contribution in [0.15, 0.2) is 23.7 Å². The van der Waals surface area contributed by atoms with E-state index in [4.69, 9.17) is 0 Å². The molecular formula is C12H15BrN2S. The summed E-state index contributed by atoms with van der Waals surface area (Å²) in [6, 6.07) is 4.19. The molecule has 0 bridgehead atoms. The molecule has 0 spiro atoms. The summed E-state index contributed by atoms with van der Waals surface area (Å²) in [5.74, 6) is 0.624. The minimum absolute atomic E-state index is 0.624. The standard InChI is InChI=1S/C12H15BrN2S/c1-9(2)7-15-8-10(6-13)12(14-15)11-4-3-5-16-11/h3-5,8-9H,6-7H2,1-2H3. The molecule has 2 aromatic rings. The van der Waals surface area contributed by atoms with Crippen molar-refractivity contribution in [3.8, 4) is 10.6 Å². The molecule has 16 heavy (non-hydrogen) atoms. The van der Waals surface area contributed by atoms with E-state index in [-0.39, 0.29) is 0 Å². The van der Waals surface area contributed by atoms with Gasteiger partial charge in [-0.2, -0.15) is 5.10 Å². The number of halogens is 1. The van der Waals surface area contributed by atoms with Crippen molar-refractivity contribution in [2.75, 3.05) is 0 Å². The molecule has 2 heterocycles. The Morgan fingerprint density at radius 1 is 1.50 bits per heavy atom. The molecule has 0 radical (unpaired) electrons. The van der Waals surface area contributed by atoms with Gasteiger partial charge in [0.1, 0.15) is 5.69 Å². The fraction of sp³-hybridized carbons (Fsp3) is 0.417. The molecule has 0 N–H and O–H groups in total. The highest BCUT2D eigenvalue weighted by molar-refractivity contribution is 9.08. The summed E-state index contributed by atoms with van der Waals surface area (Å²) in [6.07, 6.45) is 2.14. The lowest BCUT2D eigenvalue weighted by Crippen LogP contribution is -2.04. The van der Waals surface area contributed by atoms with Crippen molar-refractivity contribution in [3.63, 3.8) is 0 Å². The molecule has 2 nitrogen and oxygen atoms in total. The number of thiophene rings is 1. The summed E-state index contributed by atoms with van der Waals surface area (Å²) >= 11 is 5.27. The summed E-state index contributed by atoms with van der Waals surface area (Å²) < 4.78 is 2.05. The molecule has 2 aromatic heterocycles. The maximum absolute atomic E-state index is 4.66. The van der Waals surface area contributed by atoms with Crippen molar-refractivity contribution < 1.29 is 0 Å². The van der Waals surface area contributed by atoms with E-state index in [0.29, 0.717) is 5.92 Å². The first-order chi connectivity index (χ1) is 7.70. The van der Waals surface area contributed by atoms with Crippen LogP contribution >= 0.6 is 27.3 Å². The Morgan fingerprint density at radius 2 is 2.31 bits per heavy atom. The first kappa shape index (κ1) is 11.9. The monoisotopic (exact) mass is 298 g/mol. The third-order valence-electron chi connectivity index (χ3n) is 2.29. The van der Waals surface area contributed by atoms with Gasteiger partial charge in [0.25, 0.3) is 0 Å². The van der Waals surface area contributed by atoms with Gasteiger partial charge in [-0.05, 0) is 17.4 Å². The van der Waals surface area contributed by atoms with Crippen LogP contribution in [0.4, 0.5) is 0 Å². The fourth-order valence-corrected chi connectivity index (χ4v) is 2.80. The minimum atomic E-state index is 0.624. The first-order valence-electron chi connectivity index (χ1n) is 5.37. The quantitative estimate of drug-likeness (QED) is 0.775. The van der Waals surface area contributed by atoms with Gasteiger partial charge in [-0.15, -0.1) is 11.3 Å². The summed E-state index contributed by atoms with van der Waals surface area (Å²) in [4.78, 5) is 1.25. The van der Waals surface area contributed by atoms with Gasteiger partial charge in [0.2, 0.25) is 0 Å². The molecule has 0 saturated heterocycles. The molecule has 4 heteroatoms. The highest BCUT2D eigenvalue weighted by Gasteiger charge is 2.11. The molecule has 0 atom stereocenters. The second-order valence-electron chi connectivity index (χ2n) is 4.23. The second-order valence-corrected chi connectivity index (χ2v) is 5.74. The number of hydrogen-bond acceptors (Lipinski definition) is 2. The number of alkyl halides is 1. The predicted octanol–water partition coefficient (Wildman–Crippen LogP) is 4.16. The van der Waals surface area contributed by atoms with E-state index in [0.717, 1.165) is 17.6 Å². The predicted molar refractivity (Wildman–Crippen MR) is 73.0 cm³/mol. The van der Waals surface area contributed by atoms with Crippen LogP contribution in [-0.4, -0.2) is 9.78 Å². The topological polar surface area (TPSA) is 17.8 Å². The summed E-state index contributed by atoms with van der Waals surface area (Å²) in [7, 11) is 0. The van der Waals surface area contributed by atoms with Crippen LogP contribution in [-0.2, 0) is 11.9 Å². The van der Waals surface area contributed by atoms with Gasteiger partial charge in [0.05, 0.1) is 4.88 Å². The zero-order chi connectivity index (χ0) is 11.5. The molecule has 0 saturated carbocycles. The molecule has 0 aliphatic rings. The zero-order valence-corrected chi connectivity index (χ0v) is 11.9. The van der Waals surface area contributed by atoms with Crippen molar-refractivity contribution in [2.24, 2.45) is 5.92 Å². The SMILES string of the molecule is CC(C)Cn1cc(CBr)c(-c2cccs2)n1.